The van der Waals surface area contributed by atoms with Gasteiger partial charge in [0.15, 0.2) is 0 Å². The molecule has 8 heteroatoms. The fraction of sp³-hybridized carbons (Fsp3) is 0.0714. The number of nitrogens with zero attached hydrogens (tertiary/aromatic N) is 3. The molecule has 0 bridgehead atoms. The highest BCUT2D eigenvalue weighted by molar-refractivity contribution is 7.85. The summed E-state index contributed by atoms with van der Waals surface area (Å²) >= 11 is 0. The number of aryl methyl sites for hydroxylation is 1. The van der Waals surface area contributed by atoms with Gasteiger partial charge >= 0.3 is 0 Å². The van der Waals surface area contributed by atoms with Crippen molar-refractivity contribution in [3.05, 3.63) is 53.6 Å². The Bertz CT molecular complexity index is 992. The molecular formula is C14H10N3O4S-. The summed E-state index contributed by atoms with van der Waals surface area (Å²) in [4.78, 5) is 12.0. The second-order valence-electron chi connectivity index (χ2n) is 4.75. The van der Waals surface area contributed by atoms with Crippen molar-refractivity contribution >= 4 is 27.1 Å². The van der Waals surface area contributed by atoms with Gasteiger partial charge in [-0.3, -0.25) is 4.79 Å². The molecule has 0 amide bonds. The molecule has 112 valence electrons. The Balaban J connectivity index is 2.21. The van der Waals surface area contributed by atoms with Crippen LogP contribution in [0, 0.1) is 6.92 Å². The molecule has 0 atom stereocenters. The van der Waals surface area contributed by atoms with Crippen LogP contribution in [-0.2, 0) is 10.1 Å². The predicted octanol–water partition coefficient (Wildman–Crippen LogP) is 1.33. The molecule has 0 N–H and O–H groups in total. The van der Waals surface area contributed by atoms with Crippen LogP contribution < -0.4 is 0 Å². The third-order valence-corrected chi connectivity index (χ3v) is 4.07. The molecule has 1 aromatic heterocycles. The monoisotopic (exact) mass is 316 g/mol. The van der Waals surface area contributed by atoms with Gasteiger partial charge in [-0.2, -0.15) is 4.68 Å². The normalized spacial score (nSPS) is 11.7. The number of carbonyl (C=O) groups is 1. The zero-order chi connectivity index (χ0) is 15.9. The molecule has 0 unspecified atom stereocenters. The third-order valence-electron chi connectivity index (χ3n) is 3.18. The van der Waals surface area contributed by atoms with E-state index in [4.69, 9.17) is 0 Å². The lowest BCUT2D eigenvalue weighted by Gasteiger charge is -2.11. The molecule has 0 saturated heterocycles. The van der Waals surface area contributed by atoms with Crippen LogP contribution >= 0.6 is 0 Å². The van der Waals surface area contributed by atoms with E-state index < -0.39 is 20.9 Å². The van der Waals surface area contributed by atoms with E-state index in [-0.39, 0.29) is 5.56 Å². The van der Waals surface area contributed by atoms with Gasteiger partial charge in [0, 0.05) is 0 Å². The highest BCUT2D eigenvalue weighted by atomic mass is 32.2. The summed E-state index contributed by atoms with van der Waals surface area (Å²) in [5.41, 5.74) is 1.61. The Morgan fingerprint density at radius 2 is 1.91 bits per heavy atom. The first kappa shape index (κ1) is 14.4. The van der Waals surface area contributed by atoms with E-state index in [2.05, 4.69) is 10.3 Å². The molecule has 3 rings (SSSR count). The first-order valence-corrected chi connectivity index (χ1v) is 7.70. The Morgan fingerprint density at radius 3 is 2.64 bits per heavy atom. The Labute approximate surface area is 125 Å². The number of aromatic nitrogens is 3. The molecular weight excluding hydrogens is 306 g/mol. The van der Waals surface area contributed by atoms with Crippen LogP contribution in [-0.4, -0.2) is 33.9 Å². The highest BCUT2D eigenvalue weighted by Gasteiger charge is 2.19. The second-order valence-corrected chi connectivity index (χ2v) is 6.10. The van der Waals surface area contributed by atoms with Crippen molar-refractivity contribution in [2.45, 2.75) is 11.8 Å². The summed E-state index contributed by atoms with van der Waals surface area (Å²) in [5, 5.41) is 7.62. The fourth-order valence-corrected chi connectivity index (χ4v) is 2.82. The van der Waals surface area contributed by atoms with Gasteiger partial charge in [0.25, 0.3) is 5.91 Å². The summed E-state index contributed by atoms with van der Waals surface area (Å²) in [7, 11) is -4.76. The van der Waals surface area contributed by atoms with E-state index in [0.29, 0.717) is 11.0 Å². The van der Waals surface area contributed by atoms with Crippen molar-refractivity contribution in [2.75, 3.05) is 0 Å². The molecule has 0 saturated carbocycles. The van der Waals surface area contributed by atoms with Gasteiger partial charge < -0.3 is 4.55 Å². The van der Waals surface area contributed by atoms with Crippen molar-refractivity contribution in [2.24, 2.45) is 0 Å². The Hall–Kier alpha value is -2.58. The van der Waals surface area contributed by atoms with Crippen LogP contribution in [0.3, 0.4) is 0 Å². The molecule has 0 aliphatic rings. The number of carbonyl (C=O) groups excluding carboxylic acids is 1. The minimum Gasteiger partial charge on any atom is -0.744 e. The van der Waals surface area contributed by atoms with Crippen LogP contribution in [0.15, 0.2) is 47.4 Å². The molecule has 0 aliphatic heterocycles. The van der Waals surface area contributed by atoms with E-state index in [0.717, 1.165) is 16.3 Å². The zero-order valence-corrected chi connectivity index (χ0v) is 12.2. The largest absolute Gasteiger partial charge is 0.744 e. The van der Waals surface area contributed by atoms with Crippen molar-refractivity contribution < 1.29 is 17.8 Å². The van der Waals surface area contributed by atoms with E-state index in [9.17, 15) is 17.8 Å². The van der Waals surface area contributed by atoms with E-state index in [1.807, 2.05) is 13.0 Å². The standard InChI is InChI=1S/C14H11N3O4S/c1-9-6-7-11-12(8-9)17(16-15-11)14(18)10-4-2-3-5-13(10)22(19,20)21/h2-8H,1H3,(H,19,20,21)/p-1. The molecule has 7 nitrogen and oxygen atoms in total. The lowest BCUT2D eigenvalue weighted by Crippen LogP contribution is -2.17. The van der Waals surface area contributed by atoms with Crippen LogP contribution in [0.1, 0.15) is 15.9 Å². The number of fused-ring (bicyclic) bond motifs is 1. The molecule has 2 aromatic carbocycles. The van der Waals surface area contributed by atoms with Crippen molar-refractivity contribution in [3.63, 3.8) is 0 Å². The van der Waals surface area contributed by atoms with E-state index in [1.54, 1.807) is 12.1 Å². The van der Waals surface area contributed by atoms with Gasteiger partial charge in [0.2, 0.25) is 0 Å². The SMILES string of the molecule is Cc1ccc2nnn(C(=O)c3ccccc3S(=O)(=O)[O-])c2c1. The first-order chi connectivity index (χ1) is 10.4. The Morgan fingerprint density at radius 1 is 1.18 bits per heavy atom. The molecule has 0 aliphatic carbocycles. The molecule has 3 aromatic rings. The predicted molar refractivity (Wildman–Crippen MR) is 76.4 cm³/mol. The summed E-state index contributed by atoms with van der Waals surface area (Å²) in [6.45, 7) is 1.84. The van der Waals surface area contributed by atoms with Gasteiger partial charge in [0.05, 0.1) is 16.0 Å². The van der Waals surface area contributed by atoms with Crippen molar-refractivity contribution in [3.8, 4) is 0 Å². The quantitative estimate of drug-likeness (QED) is 0.660. The maximum Gasteiger partial charge on any atom is 0.281 e. The van der Waals surface area contributed by atoms with Crippen molar-refractivity contribution in [1.29, 1.82) is 0 Å². The Kier molecular flexibility index (Phi) is 3.27. The summed E-state index contributed by atoms with van der Waals surface area (Å²) in [6, 6.07) is 10.5. The molecule has 22 heavy (non-hydrogen) atoms. The van der Waals surface area contributed by atoms with Crippen LogP contribution in [0.25, 0.3) is 11.0 Å². The lowest BCUT2D eigenvalue weighted by molar-refractivity contribution is 0.0944. The van der Waals surface area contributed by atoms with Crippen LogP contribution in [0.4, 0.5) is 0 Å². The van der Waals surface area contributed by atoms with Gasteiger partial charge in [-0.05, 0) is 36.8 Å². The molecule has 0 spiro atoms. The van der Waals surface area contributed by atoms with Gasteiger partial charge in [-0.1, -0.05) is 23.4 Å². The molecule has 1 heterocycles. The summed E-state index contributed by atoms with van der Waals surface area (Å²) < 4.78 is 34.9. The third kappa shape index (κ3) is 2.38. The minimum absolute atomic E-state index is 0.231. The average Bonchev–Trinajstić information content (AvgIpc) is 2.88. The maximum absolute atomic E-state index is 12.6. The molecule has 0 radical (unpaired) electrons. The first-order valence-electron chi connectivity index (χ1n) is 6.29. The van der Waals surface area contributed by atoms with Gasteiger partial charge in [0.1, 0.15) is 15.6 Å². The van der Waals surface area contributed by atoms with Crippen LogP contribution in [0.5, 0.6) is 0 Å². The number of benzene rings is 2. The maximum atomic E-state index is 12.6. The van der Waals surface area contributed by atoms with Gasteiger partial charge in [-0.25, -0.2) is 8.42 Å². The lowest BCUT2D eigenvalue weighted by atomic mass is 10.2. The minimum atomic E-state index is -4.76. The number of hydrogen-bond acceptors (Lipinski definition) is 6. The highest BCUT2D eigenvalue weighted by Crippen LogP contribution is 2.19. The smallest absolute Gasteiger partial charge is 0.281 e. The average molecular weight is 316 g/mol. The zero-order valence-electron chi connectivity index (χ0n) is 11.4. The molecule has 0 fully saturated rings. The number of hydrogen-bond donors (Lipinski definition) is 0. The fourth-order valence-electron chi connectivity index (χ4n) is 2.15. The van der Waals surface area contributed by atoms with Gasteiger partial charge in [-0.15, -0.1) is 5.10 Å². The van der Waals surface area contributed by atoms with E-state index in [1.165, 1.54) is 18.2 Å². The van der Waals surface area contributed by atoms with Crippen molar-refractivity contribution in [1.82, 2.24) is 15.0 Å². The van der Waals surface area contributed by atoms with Crippen LogP contribution in [0.2, 0.25) is 0 Å². The number of rotatable bonds is 2. The summed E-state index contributed by atoms with van der Waals surface area (Å²) in [6.07, 6.45) is 0. The second kappa shape index (κ2) is 5.00. The van der Waals surface area contributed by atoms with E-state index >= 15 is 0 Å². The summed E-state index contributed by atoms with van der Waals surface area (Å²) in [5.74, 6) is -0.719. The topological polar surface area (TPSA) is 105 Å².